The van der Waals surface area contributed by atoms with Crippen molar-refractivity contribution in [2.24, 2.45) is 0 Å². The van der Waals surface area contributed by atoms with E-state index >= 15 is 0 Å². The molecule has 0 spiro atoms. The summed E-state index contributed by atoms with van der Waals surface area (Å²) in [7, 11) is -1.10. The van der Waals surface area contributed by atoms with E-state index in [-0.39, 0.29) is 16.4 Å². The minimum absolute atomic E-state index is 0.0258. The fourth-order valence-electron chi connectivity index (χ4n) is 2.91. The number of fused-ring (bicyclic) bond motifs is 1. The van der Waals surface area contributed by atoms with Crippen LogP contribution in [0, 0.1) is 0 Å². The summed E-state index contributed by atoms with van der Waals surface area (Å²) in [5.74, 6) is -0.700. The zero-order chi connectivity index (χ0) is 18.9. The molecule has 7 nitrogen and oxygen atoms in total. The maximum atomic E-state index is 12.7. The maximum absolute atomic E-state index is 12.7. The van der Waals surface area contributed by atoms with Crippen LogP contribution in [0.1, 0.15) is 22.3 Å². The van der Waals surface area contributed by atoms with Gasteiger partial charge in [-0.25, -0.2) is 13.2 Å². The number of aryl methyl sites for hydroxylation is 1. The minimum atomic E-state index is -3.98. The van der Waals surface area contributed by atoms with Gasteiger partial charge in [-0.1, -0.05) is 12.1 Å². The van der Waals surface area contributed by atoms with E-state index in [0.29, 0.717) is 18.5 Å². The Labute approximate surface area is 151 Å². The van der Waals surface area contributed by atoms with Crippen LogP contribution in [0.15, 0.2) is 47.4 Å². The number of esters is 1. The largest absolute Gasteiger partial charge is 0.465 e. The molecule has 136 valence electrons. The van der Waals surface area contributed by atoms with Crippen LogP contribution in [-0.2, 0) is 26.0 Å². The lowest BCUT2D eigenvalue weighted by molar-refractivity contribution is -0.118. The number of amides is 1. The molecule has 3 rings (SSSR count). The number of benzene rings is 2. The fourth-order valence-corrected chi connectivity index (χ4v) is 4.16. The molecule has 1 N–H and O–H groups in total. The van der Waals surface area contributed by atoms with Crippen LogP contribution in [0.4, 0.5) is 11.4 Å². The summed E-state index contributed by atoms with van der Waals surface area (Å²) >= 11 is 0. The van der Waals surface area contributed by atoms with Gasteiger partial charge < -0.3 is 9.64 Å². The Balaban J connectivity index is 1.94. The molecule has 2 aromatic rings. The Morgan fingerprint density at radius 2 is 1.88 bits per heavy atom. The molecule has 0 aromatic heterocycles. The van der Waals surface area contributed by atoms with Gasteiger partial charge in [0.15, 0.2) is 0 Å². The third-order valence-electron chi connectivity index (χ3n) is 4.26. The highest BCUT2D eigenvalue weighted by molar-refractivity contribution is 7.92. The van der Waals surface area contributed by atoms with Crippen LogP contribution in [0.5, 0.6) is 0 Å². The third kappa shape index (κ3) is 3.28. The lowest BCUT2D eigenvalue weighted by Gasteiger charge is -2.26. The van der Waals surface area contributed by atoms with Gasteiger partial charge in [0.2, 0.25) is 5.91 Å². The van der Waals surface area contributed by atoms with Crippen molar-refractivity contribution in [1.82, 2.24) is 0 Å². The summed E-state index contributed by atoms with van der Waals surface area (Å²) in [6.07, 6.45) is 0.928. The van der Waals surface area contributed by atoms with Gasteiger partial charge in [-0.2, -0.15) is 0 Å². The van der Waals surface area contributed by atoms with Crippen LogP contribution >= 0.6 is 0 Å². The van der Waals surface area contributed by atoms with E-state index in [4.69, 9.17) is 0 Å². The first-order valence-electron chi connectivity index (χ1n) is 7.93. The predicted molar refractivity (Wildman–Crippen MR) is 96.8 cm³/mol. The topological polar surface area (TPSA) is 92.8 Å². The van der Waals surface area contributed by atoms with E-state index in [1.54, 1.807) is 36.2 Å². The first-order valence-corrected chi connectivity index (χ1v) is 9.41. The maximum Gasteiger partial charge on any atom is 0.339 e. The van der Waals surface area contributed by atoms with Gasteiger partial charge in [-0.05, 0) is 42.3 Å². The van der Waals surface area contributed by atoms with Gasteiger partial charge >= 0.3 is 5.97 Å². The third-order valence-corrected chi connectivity index (χ3v) is 5.70. The van der Waals surface area contributed by atoms with Crippen molar-refractivity contribution in [2.45, 2.75) is 17.7 Å². The van der Waals surface area contributed by atoms with Crippen molar-refractivity contribution in [2.75, 3.05) is 23.8 Å². The normalized spacial score (nSPS) is 13.9. The lowest BCUT2D eigenvalue weighted by Crippen LogP contribution is -2.31. The summed E-state index contributed by atoms with van der Waals surface area (Å²) < 4.78 is 32.6. The molecule has 26 heavy (non-hydrogen) atoms. The van der Waals surface area contributed by atoms with Gasteiger partial charge in [0.05, 0.1) is 12.7 Å². The highest BCUT2D eigenvalue weighted by atomic mass is 32.2. The molecule has 1 aliphatic rings. The molecule has 8 heteroatoms. The zero-order valence-electron chi connectivity index (χ0n) is 14.4. The molecule has 1 aliphatic heterocycles. The van der Waals surface area contributed by atoms with Gasteiger partial charge in [0.1, 0.15) is 4.90 Å². The van der Waals surface area contributed by atoms with E-state index in [2.05, 4.69) is 9.46 Å². The molecule has 0 bridgehead atoms. The van der Waals surface area contributed by atoms with Crippen LogP contribution in [0.25, 0.3) is 0 Å². The first-order chi connectivity index (χ1) is 12.3. The SMILES string of the molecule is COC(=O)c1ccccc1S(=O)(=O)Nc1ccc2c(c1)CCC(=O)N2C. The zero-order valence-corrected chi connectivity index (χ0v) is 15.2. The molecule has 0 aliphatic carbocycles. The van der Waals surface area contributed by atoms with Crippen molar-refractivity contribution in [3.63, 3.8) is 0 Å². The smallest absolute Gasteiger partial charge is 0.339 e. The van der Waals surface area contributed by atoms with Crippen LogP contribution in [0.2, 0.25) is 0 Å². The Kier molecular flexibility index (Phi) is 4.69. The van der Waals surface area contributed by atoms with Crippen LogP contribution < -0.4 is 9.62 Å². The number of nitrogens with zero attached hydrogens (tertiary/aromatic N) is 1. The fraction of sp³-hybridized carbons (Fsp3) is 0.222. The number of hydrogen-bond acceptors (Lipinski definition) is 5. The Morgan fingerprint density at radius 3 is 2.62 bits per heavy atom. The van der Waals surface area contributed by atoms with E-state index in [1.807, 2.05) is 0 Å². The second-order valence-corrected chi connectivity index (χ2v) is 7.54. The molecule has 2 aromatic carbocycles. The molecule has 1 amide bonds. The average Bonchev–Trinajstić information content (AvgIpc) is 2.64. The van der Waals surface area contributed by atoms with Crippen molar-refractivity contribution >= 4 is 33.3 Å². The van der Waals surface area contributed by atoms with E-state index in [1.165, 1.54) is 25.3 Å². The number of nitrogens with one attached hydrogen (secondary N) is 1. The number of methoxy groups -OCH3 is 1. The molecule has 0 fully saturated rings. The number of hydrogen-bond donors (Lipinski definition) is 1. The summed E-state index contributed by atoms with van der Waals surface area (Å²) in [6.45, 7) is 0. The second-order valence-electron chi connectivity index (χ2n) is 5.89. The summed E-state index contributed by atoms with van der Waals surface area (Å²) in [6, 6.07) is 10.8. The second kappa shape index (κ2) is 6.80. The molecule has 1 heterocycles. The van der Waals surface area contributed by atoms with Gasteiger partial charge in [0, 0.05) is 24.8 Å². The summed E-state index contributed by atoms with van der Waals surface area (Å²) in [5.41, 5.74) is 1.98. The van der Waals surface area contributed by atoms with E-state index < -0.39 is 16.0 Å². The molecule has 0 unspecified atom stereocenters. The van der Waals surface area contributed by atoms with Crippen LogP contribution in [0.3, 0.4) is 0 Å². The standard InChI is InChI=1S/C18H18N2O5S/c1-20-15-9-8-13(11-12(15)7-10-17(20)21)19-26(23,24)16-6-4-3-5-14(16)18(22)25-2/h3-6,8-9,11,19H,7,10H2,1-2H3. The average molecular weight is 374 g/mol. The van der Waals surface area contributed by atoms with Gasteiger partial charge in [-0.3, -0.25) is 9.52 Å². The number of anilines is 2. The van der Waals surface area contributed by atoms with Crippen molar-refractivity contribution in [1.29, 1.82) is 0 Å². The first kappa shape index (κ1) is 17.9. The predicted octanol–water partition coefficient (Wildman–Crippen LogP) is 2.18. The van der Waals surface area contributed by atoms with Crippen molar-refractivity contribution in [3.05, 3.63) is 53.6 Å². The molecular formula is C18H18N2O5S. The quantitative estimate of drug-likeness (QED) is 0.828. The number of sulfonamides is 1. The van der Waals surface area contributed by atoms with Crippen LogP contribution in [-0.4, -0.2) is 34.5 Å². The number of ether oxygens (including phenoxy) is 1. The summed E-state index contributed by atoms with van der Waals surface area (Å²) in [5, 5.41) is 0. The lowest BCUT2D eigenvalue weighted by atomic mass is 10.0. The number of rotatable bonds is 4. The number of carbonyl (C=O) groups excluding carboxylic acids is 2. The minimum Gasteiger partial charge on any atom is -0.465 e. The molecule has 0 saturated carbocycles. The highest BCUT2D eigenvalue weighted by Crippen LogP contribution is 2.30. The molecule has 0 atom stereocenters. The Morgan fingerprint density at radius 1 is 1.15 bits per heavy atom. The Bertz CT molecular complexity index is 985. The van der Waals surface area contributed by atoms with E-state index in [0.717, 1.165) is 11.3 Å². The summed E-state index contributed by atoms with van der Waals surface area (Å²) in [4.78, 5) is 25.0. The van der Waals surface area contributed by atoms with Crippen molar-refractivity contribution in [3.8, 4) is 0 Å². The number of carbonyl (C=O) groups is 2. The molecule has 0 saturated heterocycles. The monoisotopic (exact) mass is 374 g/mol. The highest BCUT2D eigenvalue weighted by Gasteiger charge is 2.24. The Hall–Kier alpha value is -2.87. The van der Waals surface area contributed by atoms with Gasteiger partial charge in [0.25, 0.3) is 10.0 Å². The van der Waals surface area contributed by atoms with Crippen molar-refractivity contribution < 1.29 is 22.7 Å². The van der Waals surface area contributed by atoms with Gasteiger partial charge in [-0.15, -0.1) is 0 Å². The molecule has 0 radical (unpaired) electrons. The van der Waals surface area contributed by atoms with E-state index in [9.17, 15) is 18.0 Å². The molecular weight excluding hydrogens is 356 g/mol.